The minimum absolute atomic E-state index is 0.200. The molecular weight excluding hydrogens is 298 g/mol. The van der Waals surface area contributed by atoms with Gasteiger partial charge in [-0.3, -0.25) is 0 Å². The highest BCUT2D eigenvalue weighted by Crippen LogP contribution is 2.36. The molecule has 0 amide bonds. The van der Waals surface area contributed by atoms with Gasteiger partial charge in [0.15, 0.2) is 18.1 Å². The number of nitriles is 1. The molecule has 118 valence electrons. The SMILES string of the molecule is COc1cccc(OC)c1OC(=O)COc1ccc(C#N)cc1. The van der Waals surface area contributed by atoms with E-state index < -0.39 is 5.97 Å². The molecule has 0 aliphatic rings. The number of hydrogen-bond donors (Lipinski definition) is 0. The van der Waals surface area contributed by atoms with Gasteiger partial charge in [0.1, 0.15) is 5.75 Å². The number of carbonyl (C=O) groups is 1. The van der Waals surface area contributed by atoms with Gasteiger partial charge in [-0.2, -0.15) is 5.26 Å². The third-order valence-electron chi connectivity index (χ3n) is 2.94. The molecule has 0 unspecified atom stereocenters. The van der Waals surface area contributed by atoms with Gasteiger partial charge in [0.2, 0.25) is 5.75 Å². The van der Waals surface area contributed by atoms with Crippen molar-refractivity contribution >= 4 is 5.97 Å². The Morgan fingerprint density at radius 1 is 1.04 bits per heavy atom. The molecule has 0 atom stereocenters. The van der Waals surface area contributed by atoms with Crippen molar-refractivity contribution in [3.8, 4) is 29.1 Å². The smallest absolute Gasteiger partial charge is 0.349 e. The molecule has 0 bridgehead atoms. The fraction of sp³-hybridized carbons (Fsp3) is 0.176. The summed E-state index contributed by atoms with van der Waals surface area (Å²) in [5.74, 6) is 0.836. The number of benzene rings is 2. The highest BCUT2D eigenvalue weighted by molar-refractivity contribution is 5.76. The van der Waals surface area contributed by atoms with Crippen LogP contribution in [-0.2, 0) is 4.79 Å². The van der Waals surface area contributed by atoms with E-state index in [2.05, 4.69) is 0 Å². The molecule has 0 spiro atoms. The predicted molar refractivity (Wildman–Crippen MR) is 81.8 cm³/mol. The van der Waals surface area contributed by atoms with E-state index in [1.807, 2.05) is 6.07 Å². The van der Waals surface area contributed by atoms with Gasteiger partial charge in [0, 0.05) is 0 Å². The van der Waals surface area contributed by atoms with Crippen molar-refractivity contribution in [2.24, 2.45) is 0 Å². The first-order valence-corrected chi connectivity index (χ1v) is 6.72. The van der Waals surface area contributed by atoms with Crippen LogP contribution in [0.3, 0.4) is 0 Å². The molecule has 2 aromatic rings. The van der Waals surface area contributed by atoms with Crippen molar-refractivity contribution in [1.29, 1.82) is 5.26 Å². The second kappa shape index (κ2) is 7.71. The second-order valence-electron chi connectivity index (χ2n) is 4.39. The molecular formula is C17H15NO5. The fourth-order valence-electron chi connectivity index (χ4n) is 1.83. The largest absolute Gasteiger partial charge is 0.493 e. The molecule has 0 heterocycles. The van der Waals surface area contributed by atoms with E-state index in [1.165, 1.54) is 14.2 Å². The quantitative estimate of drug-likeness (QED) is 0.602. The minimum atomic E-state index is -0.600. The molecule has 6 heteroatoms. The number of methoxy groups -OCH3 is 2. The highest BCUT2D eigenvalue weighted by Gasteiger charge is 2.16. The Balaban J connectivity index is 2.01. The van der Waals surface area contributed by atoms with Crippen molar-refractivity contribution in [2.75, 3.05) is 20.8 Å². The van der Waals surface area contributed by atoms with Crippen LogP contribution in [-0.4, -0.2) is 26.8 Å². The fourth-order valence-corrected chi connectivity index (χ4v) is 1.83. The number of carbonyl (C=O) groups excluding carboxylic acids is 1. The predicted octanol–water partition coefficient (Wildman–Crippen LogP) is 2.56. The highest BCUT2D eigenvalue weighted by atomic mass is 16.6. The Bertz CT molecular complexity index is 697. The molecule has 0 aromatic heterocycles. The molecule has 0 fully saturated rings. The van der Waals surface area contributed by atoms with Gasteiger partial charge < -0.3 is 18.9 Å². The number of para-hydroxylation sites is 1. The Hall–Kier alpha value is -3.20. The monoisotopic (exact) mass is 313 g/mol. The molecule has 23 heavy (non-hydrogen) atoms. The van der Waals surface area contributed by atoms with Crippen molar-refractivity contribution in [2.45, 2.75) is 0 Å². The number of hydrogen-bond acceptors (Lipinski definition) is 6. The van der Waals surface area contributed by atoms with Crippen LogP contribution in [0.2, 0.25) is 0 Å². The van der Waals surface area contributed by atoms with Crippen LogP contribution in [0.25, 0.3) is 0 Å². The van der Waals surface area contributed by atoms with Crippen LogP contribution in [0.1, 0.15) is 5.56 Å². The lowest BCUT2D eigenvalue weighted by Gasteiger charge is -2.13. The Morgan fingerprint density at radius 3 is 2.17 bits per heavy atom. The first-order valence-electron chi connectivity index (χ1n) is 6.72. The standard InChI is InChI=1S/C17H15NO5/c1-20-14-4-3-5-15(21-2)17(14)23-16(19)11-22-13-8-6-12(10-18)7-9-13/h3-9H,11H2,1-2H3. The lowest BCUT2D eigenvalue weighted by Crippen LogP contribution is -2.18. The summed E-state index contributed by atoms with van der Waals surface area (Å²) in [6.45, 7) is -0.285. The van der Waals surface area contributed by atoms with E-state index in [-0.39, 0.29) is 12.4 Å². The summed E-state index contributed by atoms with van der Waals surface area (Å²) in [6.07, 6.45) is 0. The first kappa shape index (κ1) is 16.2. The topological polar surface area (TPSA) is 77.8 Å². The van der Waals surface area contributed by atoms with Gasteiger partial charge in [-0.15, -0.1) is 0 Å². The van der Waals surface area contributed by atoms with E-state index in [1.54, 1.807) is 42.5 Å². The molecule has 0 aliphatic carbocycles. The summed E-state index contributed by atoms with van der Waals surface area (Å²) in [5.41, 5.74) is 0.513. The molecule has 0 N–H and O–H groups in total. The van der Waals surface area contributed by atoms with Gasteiger partial charge in [0.05, 0.1) is 25.9 Å². The Kier molecular flexibility index (Phi) is 5.42. The van der Waals surface area contributed by atoms with E-state index in [0.717, 1.165) is 0 Å². The Morgan fingerprint density at radius 2 is 1.65 bits per heavy atom. The third kappa shape index (κ3) is 4.14. The molecule has 0 aliphatic heterocycles. The molecule has 2 aromatic carbocycles. The van der Waals surface area contributed by atoms with E-state index in [0.29, 0.717) is 22.8 Å². The van der Waals surface area contributed by atoms with Crippen molar-refractivity contribution < 1.29 is 23.7 Å². The summed E-state index contributed by atoms with van der Waals surface area (Å²) < 4.78 is 20.9. The van der Waals surface area contributed by atoms with Gasteiger partial charge in [-0.1, -0.05) is 6.07 Å². The molecule has 2 rings (SSSR count). The summed E-state index contributed by atoms with van der Waals surface area (Å²) >= 11 is 0. The van der Waals surface area contributed by atoms with Crippen LogP contribution in [0.5, 0.6) is 23.0 Å². The van der Waals surface area contributed by atoms with E-state index in [4.69, 9.17) is 24.2 Å². The van der Waals surface area contributed by atoms with Crippen molar-refractivity contribution in [1.82, 2.24) is 0 Å². The van der Waals surface area contributed by atoms with Crippen molar-refractivity contribution in [3.63, 3.8) is 0 Å². The van der Waals surface area contributed by atoms with Crippen molar-refractivity contribution in [3.05, 3.63) is 48.0 Å². The van der Waals surface area contributed by atoms with E-state index >= 15 is 0 Å². The zero-order chi connectivity index (χ0) is 16.7. The molecule has 6 nitrogen and oxygen atoms in total. The number of ether oxygens (including phenoxy) is 4. The summed E-state index contributed by atoms with van der Waals surface area (Å²) in [6, 6.07) is 13.5. The number of nitrogens with zero attached hydrogens (tertiary/aromatic N) is 1. The third-order valence-corrected chi connectivity index (χ3v) is 2.94. The van der Waals surface area contributed by atoms with Crippen LogP contribution in [0, 0.1) is 11.3 Å². The maximum absolute atomic E-state index is 11.9. The van der Waals surface area contributed by atoms with Crippen LogP contribution < -0.4 is 18.9 Å². The normalized spacial score (nSPS) is 9.61. The summed E-state index contributed by atoms with van der Waals surface area (Å²) in [7, 11) is 2.94. The van der Waals surface area contributed by atoms with E-state index in [9.17, 15) is 4.79 Å². The van der Waals surface area contributed by atoms with Gasteiger partial charge >= 0.3 is 5.97 Å². The van der Waals surface area contributed by atoms with Gasteiger partial charge in [-0.25, -0.2) is 4.79 Å². The zero-order valence-electron chi connectivity index (χ0n) is 12.7. The zero-order valence-corrected chi connectivity index (χ0v) is 12.7. The maximum atomic E-state index is 11.9. The average molecular weight is 313 g/mol. The van der Waals surface area contributed by atoms with Gasteiger partial charge in [0.25, 0.3) is 0 Å². The van der Waals surface area contributed by atoms with Crippen LogP contribution in [0.15, 0.2) is 42.5 Å². The Labute approximate surface area is 133 Å². The second-order valence-corrected chi connectivity index (χ2v) is 4.39. The minimum Gasteiger partial charge on any atom is -0.493 e. The summed E-state index contributed by atoms with van der Waals surface area (Å²) in [4.78, 5) is 11.9. The van der Waals surface area contributed by atoms with Crippen LogP contribution in [0.4, 0.5) is 0 Å². The molecule has 0 radical (unpaired) electrons. The molecule has 0 saturated carbocycles. The maximum Gasteiger partial charge on any atom is 0.349 e. The average Bonchev–Trinajstić information content (AvgIpc) is 2.60. The lowest BCUT2D eigenvalue weighted by atomic mass is 10.2. The lowest BCUT2D eigenvalue weighted by molar-refractivity contribution is -0.136. The number of esters is 1. The molecule has 0 saturated heterocycles. The number of rotatable bonds is 6. The first-order chi connectivity index (χ1) is 11.2. The summed E-state index contributed by atoms with van der Waals surface area (Å²) in [5, 5.41) is 8.72. The van der Waals surface area contributed by atoms with Crippen LogP contribution >= 0.6 is 0 Å². The van der Waals surface area contributed by atoms with Gasteiger partial charge in [-0.05, 0) is 36.4 Å².